The molecule has 1 heterocycles. The molecule has 0 spiro atoms. The molecule has 126 valence electrons. The molecule has 4 atom stereocenters. The Morgan fingerprint density at radius 1 is 1.13 bits per heavy atom. The average molecular weight is 314 g/mol. The molecule has 3 heteroatoms. The Morgan fingerprint density at radius 3 is 2.30 bits per heavy atom. The van der Waals surface area contributed by atoms with Gasteiger partial charge in [-0.05, 0) is 49.5 Å². The van der Waals surface area contributed by atoms with Crippen molar-refractivity contribution in [3.8, 4) is 0 Å². The van der Waals surface area contributed by atoms with Crippen LogP contribution in [0.15, 0.2) is 30.3 Å². The monoisotopic (exact) mass is 314 g/mol. The SMILES string of the molecule is CC1CC(C)CN(C(=O)C(C)NC(c2ccccc2)C2CC2)C1. The fourth-order valence-electron chi connectivity index (χ4n) is 4.05. The molecule has 1 aromatic rings. The van der Waals surface area contributed by atoms with Crippen LogP contribution >= 0.6 is 0 Å². The summed E-state index contributed by atoms with van der Waals surface area (Å²) in [6, 6.07) is 10.8. The first-order valence-corrected chi connectivity index (χ1v) is 9.14. The van der Waals surface area contributed by atoms with Gasteiger partial charge in [-0.15, -0.1) is 0 Å². The van der Waals surface area contributed by atoms with Crippen LogP contribution < -0.4 is 5.32 Å². The molecule has 1 amide bonds. The predicted molar refractivity (Wildman–Crippen MR) is 94.0 cm³/mol. The molecule has 1 aromatic carbocycles. The van der Waals surface area contributed by atoms with Gasteiger partial charge in [0, 0.05) is 19.1 Å². The van der Waals surface area contributed by atoms with E-state index in [0.29, 0.717) is 23.8 Å². The van der Waals surface area contributed by atoms with Crippen LogP contribution in [-0.4, -0.2) is 29.9 Å². The highest BCUT2D eigenvalue weighted by atomic mass is 16.2. The molecule has 4 unspecified atom stereocenters. The first-order chi connectivity index (χ1) is 11.0. The third kappa shape index (κ3) is 4.14. The molecule has 0 aromatic heterocycles. The Labute approximate surface area is 140 Å². The quantitative estimate of drug-likeness (QED) is 0.900. The van der Waals surface area contributed by atoms with Gasteiger partial charge in [-0.3, -0.25) is 10.1 Å². The van der Waals surface area contributed by atoms with Gasteiger partial charge < -0.3 is 4.90 Å². The summed E-state index contributed by atoms with van der Waals surface area (Å²) in [4.78, 5) is 14.9. The van der Waals surface area contributed by atoms with Crippen molar-refractivity contribution in [2.24, 2.45) is 17.8 Å². The standard InChI is InChI=1S/C20H30N2O/c1-14-11-15(2)13-22(12-14)20(23)16(3)21-19(18-9-10-18)17-7-5-4-6-8-17/h4-8,14-16,18-19,21H,9-13H2,1-3H3. The van der Waals surface area contributed by atoms with Crippen molar-refractivity contribution in [2.45, 2.75) is 52.1 Å². The highest BCUT2D eigenvalue weighted by Gasteiger charge is 2.35. The van der Waals surface area contributed by atoms with Crippen molar-refractivity contribution in [3.63, 3.8) is 0 Å². The Morgan fingerprint density at radius 2 is 1.74 bits per heavy atom. The van der Waals surface area contributed by atoms with Gasteiger partial charge in [0.1, 0.15) is 0 Å². The van der Waals surface area contributed by atoms with Gasteiger partial charge in [0.2, 0.25) is 5.91 Å². The zero-order chi connectivity index (χ0) is 16.4. The van der Waals surface area contributed by atoms with Crippen LogP contribution in [0, 0.1) is 17.8 Å². The van der Waals surface area contributed by atoms with Crippen LogP contribution in [0.4, 0.5) is 0 Å². The largest absolute Gasteiger partial charge is 0.341 e. The number of likely N-dealkylation sites (tertiary alicyclic amines) is 1. The number of benzene rings is 1. The summed E-state index contributed by atoms with van der Waals surface area (Å²) < 4.78 is 0. The van der Waals surface area contributed by atoms with E-state index in [9.17, 15) is 4.79 Å². The summed E-state index contributed by atoms with van der Waals surface area (Å²) in [6.07, 6.45) is 3.77. The van der Waals surface area contributed by atoms with Crippen molar-refractivity contribution < 1.29 is 4.79 Å². The second kappa shape index (κ2) is 7.04. The van der Waals surface area contributed by atoms with Gasteiger partial charge in [0.25, 0.3) is 0 Å². The van der Waals surface area contributed by atoms with Crippen molar-refractivity contribution in [1.29, 1.82) is 0 Å². The summed E-state index contributed by atoms with van der Waals surface area (Å²) in [5, 5.41) is 3.63. The zero-order valence-electron chi connectivity index (χ0n) is 14.7. The number of amides is 1. The normalized spacial score (nSPS) is 27.5. The fourth-order valence-corrected chi connectivity index (χ4v) is 4.05. The second-order valence-electron chi connectivity index (χ2n) is 7.80. The van der Waals surface area contributed by atoms with E-state index in [1.54, 1.807) is 0 Å². The summed E-state index contributed by atoms with van der Waals surface area (Å²) in [5.41, 5.74) is 1.31. The predicted octanol–water partition coefficient (Wildman–Crippen LogP) is 3.62. The molecule has 23 heavy (non-hydrogen) atoms. The van der Waals surface area contributed by atoms with Crippen LogP contribution in [-0.2, 0) is 4.79 Å². The number of rotatable bonds is 5. The van der Waals surface area contributed by atoms with Crippen LogP contribution in [0.5, 0.6) is 0 Å². The number of nitrogens with one attached hydrogen (secondary N) is 1. The molecule has 2 aliphatic rings. The molecule has 3 rings (SSSR count). The second-order valence-corrected chi connectivity index (χ2v) is 7.80. The van der Waals surface area contributed by atoms with Gasteiger partial charge in [-0.25, -0.2) is 0 Å². The molecule has 2 fully saturated rings. The third-order valence-electron chi connectivity index (χ3n) is 5.23. The molecule has 1 saturated carbocycles. The fraction of sp³-hybridized carbons (Fsp3) is 0.650. The maximum absolute atomic E-state index is 12.9. The lowest BCUT2D eigenvalue weighted by atomic mass is 9.91. The minimum absolute atomic E-state index is 0.113. The zero-order valence-corrected chi connectivity index (χ0v) is 14.7. The molecule has 1 aliphatic heterocycles. The Kier molecular flexibility index (Phi) is 5.05. The Bertz CT molecular complexity index is 516. The minimum atomic E-state index is -0.113. The molecular formula is C20H30N2O. The van der Waals surface area contributed by atoms with Crippen molar-refractivity contribution >= 4 is 5.91 Å². The lowest BCUT2D eigenvalue weighted by Gasteiger charge is -2.37. The summed E-state index contributed by atoms with van der Waals surface area (Å²) in [7, 11) is 0. The van der Waals surface area contributed by atoms with Gasteiger partial charge in [0.05, 0.1) is 6.04 Å². The molecule has 1 aliphatic carbocycles. The summed E-state index contributed by atoms with van der Waals surface area (Å²) in [6.45, 7) is 8.36. The Balaban J connectivity index is 1.64. The van der Waals surface area contributed by atoms with E-state index in [0.717, 1.165) is 13.1 Å². The van der Waals surface area contributed by atoms with Gasteiger partial charge in [-0.1, -0.05) is 44.2 Å². The lowest BCUT2D eigenvalue weighted by Crippen LogP contribution is -2.50. The molecule has 1 saturated heterocycles. The maximum Gasteiger partial charge on any atom is 0.239 e. The molecule has 1 N–H and O–H groups in total. The van der Waals surface area contributed by atoms with E-state index >= 15 is 0 Å². The van der Waals surface area contributed by atoms with Crippen molar-refractivity contribution in [1.82, 2.24) is 10.2 Å². The minimum Gasteiger partial charge on any atom is -0.341 e. The molecular weight excluding hydrogens is 284 g/mol. The number of hydrogen-bond donors (Lipinski definition) is 1. The van der Waals surface area contributed by atoms with Crippen molar-refractivity contribution in [3.05, 3.63) is 35.9 Å². The highest BCUT2D eigenvalue weighted by Crippen LogP contribution is 2.41. The van der Waals surface area contributed by atoms with Gasteiger partial charge in [-0.2, -0.15) is 0 Å². The smallest absolute Gasteiger partial charge is 0.239 e. The van der Waals surface area contributed by atoms with Gasteiger partial charge in [0.15, 0.2) is 0 Å². The summed E-state index contributed by atoms with van der Waals surface area (Å²) in [5.74, 6) is 2.18. The highest BCUT2D eigenvalue weighted by molar-refractivity contribution is 5.81. The van der Waals surface area contributed by atoms with Crippen molar-refractivity contribution in [2.75, 3.05) is 13.1 Å². The number of carbonyl (C=O) groups excluding carboxylic acids is 1. The average Bonchev–Trinajstić information content (AvgIpc) is 3.36. The first kappa shape index (κ1) is 16.5. The van der Waals surface area contributed by atoms with E-state index < -0.39 is 0 Å². The summed E-state index contributed by atoms with van der Waals surface area (Å²) >= 11 is 0. The topological polar surface area (TPSA) is 32.3 Å². The molecule has 3 nitrogen and oxygen atoms in total. The van der Waals surface area contributed by atoms with Crippen LogP contribution in [0.2, 0.25) is 0 Å². The molecule has 0 bridgehead atoms. The number of nitrogens with zero attached hydrogens (tertiary/aromatic N) is 1. The van der Waals surface area contributed by atoms with Crippen LogP contribution in [0.25, 0.3) is 0 Å². The van der Waals surface area contributed by atoms with Crippen LogP contribution in [0.3, 0.4) is 0 Å². The molecule has 0 radical (unpaired) electrons. The van der Waals surface area contributed by atoms with E-state index in [1.807, 2.05) is 6.92 Å². The van der Waals surface area contributed by atoms with E-state index in [4.69, 9.17) is 0 Å². The van der Waals surface area contributed by atoms with Crippen LogP contribution in [0.1, 0.15) is 51.6 Å². The van der Waals surface area contributed by atoms with E-state index in [2.05, 4.69) is 54.4 Å². The Hall–Kier alpha value is -1.35. The lowest BCUT2D eigenvalue weighted by molar-refractivity contribution is -0.136. The number of carbonyl (C=O) groups is 1. The third-order valence-corrected chi connectivity index (χ3v) is 5.23. The number of piperidine rings is 1. The van der Waals surface area contributed by atoms with E-state index in [-0.39, 0.29) is 11.9 Å². The maximum atomic E-state index is 12.9. The number of hydrogen-bond acceptors (Lipinski definition) is 2. The first-order valence-electron chi connectivity index (χ1n) is 9.14. The van der Waals surface area contributed by atoms with E-state index in [1.165, 1.54) is 24.8 Å². The van der Waals surface area contributed by atoms with Gasteiger partial charge >= 0.3 is 0 Å².